The Morgan fingerprint density at radius 1 is 1.24 bits per heavy atom. The molecule has 0 bridgehead atoms. The molecule has 1 aliphatic heterocycles. The van der Waals surface area contributed by atoms with Gasteiger partial charge in [-0.2, -0.15) is 11.3 Å². The zero-order valence-electron chi connectivity index (χ0n) is 9.30. The third-order valence-electron chi connectivity index (χ3n) is 3.03. The molecule has 0 saturated heterocycles. The molecule has 17 heavy (non-hydrogen) atoms. The molecule has 2 aromatic rings. The molecule has 0 aliphatic carbocycles. The minimum atomic E-state index is 0.273. The largest absolute Gasteiger partial charge is 0.465 e. The molecule has 86 valence electrons. The highest BCUT2D eigenvalue weighted by Crippen LogP contribution is 2.35. The van der Waals surface area contributed by atoms with Crippen LogP contribution in [-0.4, -0.2) is 6.54 Å². The lowest BCUT2D eigenvalue weighted by atomic mass is 9.94. The lowest BCUT2D eigenvalue weighted by Gasteiger charge is -2.20. The monoisotopic (exact) mass is 243 g/mol. The fourth-order valence-electron chi connectivity index (χ4n) is 2.07. The Kier molecular flexibility index (Phi) is 2.71. The van der Waals surface area contributed by atoms with Gasteiger partial charge in [0, 0.05) is 18.0 Å². The summed E-state index contributed by atoms with van der Waals surface area (Å²) in [5.41, 5.74) is 9.35. The van der Waals surface area contributed by atoms with E-state index in [2.05, 4.69) is 35.0 Å². The van der Waals surface area contributed by atoms with Crippen LogP contribution in [0.5, 0.6) is 5.75 Å². The molecule has 1 aromatic carbocycles. The van der Waals surface area contributed by atoms with Crippen molar-refractivity contribution >= 4 is 11.3 Å². The quantitative estimate of drug-likeness (QED) is 0.877. The van der Waals surface area contributed by atoms with Crippen molar-refractivity contribution in [2.75, 3.05) is 6.54 Å². The second-order valence-corrected chi connectivity index (χ2v) is 4.83. The van der Waals surface area contributed by atoms with E-state index in [4.69, 9.17) is 10.5 Å². The average molecular weight is 243 g/mol. The molecule has 0 amide bonds. The Morgan fingerprint density at radius 3 is 2.94 bits per heavy atom. The maximum Gasteiger partial charge on any atom is 0.130 e. The van der Waals surface area contributed by atoms with Crippen LogP contribution in [0.3, 0.4) is 0 Å². The van der Waals surface area contributed by atoms with Crippen LogP contribution in [-0.2, 0) is 0 Å². The maximum atomic E-state index is 5.75. The smallest absolute Gasteiger partial charge is 0.130 e. The highest BCUT2D eigenvalue weighted by molar-refractivity contribution is 7.08. The van der Waals surface area contributed by atoms with Gasteiger partial charge >= 0.3 is 0 Å². The van der Waals surface area contributed by atoms with Gasteiger partial charge in [-0.05, 0) is 40.1 Å². The zero-order valence-corrected chi connectivity index (χ0v) is 10.1. The number of ether oxygens (including phenoxy) is 1. The highest BCUT2D eigenvalue weighted by atomic mass is 32.1. The van der Waals surface area contributed by atoms with Crippen LogP contribution in [0.15, 0.2) is 47.4 Å². The molecule has 0 radical (unpaired) electrons. The summed E-state index contributed by atoms with van der Waals surface area (Å²) >= 11 is 1.70. The van der Waals surface area contributed by atoms with Gasteiger partial charge in [0.05, 0.1) is 6.26 Å². The van der Waals surface area contributed by atoms with Gasteiger partial charge in [0.1, 0.15) is 5.75 Å². The standard InChI is InChI=1S/C14H13NOS/c15-8-11-3-5-16-14-7-10(1-2-13(11)14)12-4-6-17-9-12/h1-7,9,11H,8,15H2. The van der Waals surface area contributed by atoms with Gasteiger partial charge in [-0.1, -0.05) is 12.1 Å². The van der Waals surface area contributed by atoms with Crippen LogP contribution in [0, 0.1) is 0 Å². The maximum absolute atomic E-state index is 5.75. The van der Waals surface area contributed by atoms with Crippen LogP contribution < -0.4 is 10.5 Å². The predicted molar refractivity (Wildman–Crippen MR) is 71.3 cm³/mol. The highest BCUT2D eigenvalue weighted by Gasteiger charge is 2.16. The van der Waals surface area contributed by atoms with E-state index >= 15 is 0 Å². The van der Waals surface area contributed by atoms with Crippen LogP contribution in [0.1, 0.15) is 11.5 Å². The SMILES string of the molecule is NCC1C=COc2cc(-c3ccsc3)ccc21. The number of hydrogen-bond donors (Lipinski definition) is 1. The Morgan fingerprint density at radius 2 is 2.18 bits per heavy atom. The molecule has 2 heterocycles. The number of fused-ring (bicyclic) bond motifs is 1. The summed E-state index contributed by atoms with van der Waals surface area (Å²) in [6, 6.07) is 8.45. The number of benzene rings is 1. The van der Waals surface area contributed by atoms with E-state index in [0.29, 0.717) is 6.54 Å². The van der Waals surface area contributed by atoms with Crippen LogP contribution in [0.25, 0.3) is 11.1 Å². The minimum Gasteiger partial charge on any atom is -0.465 e. The summed E-state index contributed by atoms with van der Waals surface area (Å²) in [6.07, 6.45) is 3.74. The fourth-order valence-corrected chi connectivity index (χ4v) is 2.73. The van der Waals surface area contributed by atoms with E-state index in [1.54, 1.807) is 17.6 Å². The van der Waals surface area contributed by atoms with Crippen molar-refractivity contribution in [2.45, 2.75) is 5.92 Å². The third kappa shape index (κ3) is 1.88. The van der Waals surface area contributed by atoms with Crippen molar-refractivity contribution < 1.29 is 4.74 Å². The summed E-state index contributed by atoms with van der Waals surface area (Å²) in [7, 11) is 0. The van der Waals surface area contributed by atoms with E-state index in [1.165, 1.54) is 16.7 Å². The van der Waals surface area contributed by atoms with E-state index in [-0.39, 0.29) is 5.92 Å². The van der Waals surface area contributed by atoms with E-state index in [9.17, 15) is 0 Å². The van der Waals surface area contributed by atoms with Gasteiger partial charge < -0.3 is 10.5 Å². The van der Waals surface area contributed by atoms with E-state index < -0.39 is 0 Å². The van der Waals surface area contributed by atoms with Crippen molar-refractivity contribution in [1.82, 2.24) is 0 Å². The lowest BCUT2D eigenvalue weighted by molar-refractivity contribution is 0.454. The van der Waals surface area contributed by atoms with Crippen LogP contribution in [0.2, 0.25) is 0 Å². The molecule has 0 saturated carbocycles. The van der Waals surface area contributed by atoms with Crippen molar-refractivity contribution in [3.63, 3.8) is 0 Å². The minimum absolute atomic E-state index is 0.273. The molecular weight excluding hydrogens is 230 g/mol. The zero-order chi connectivity index (χ0) is 11.7. The first kappa shape index (κ1) is 10.6. The van der Waals surface area contributed by atoms with E-state index in [0.717, 1.165) is 5.75 Å². The van der Waals surface area contributed by atoms with Crippen LogP contribution in [0.4, 0.5) is 0 Å². The summed E-state index contributed by atoms with van der Waals surface area (Å²) < 4.78 is 5.56. The van der Waals surface area contributed by atoms with Crippen molar-refractivity contribution in [1.29, 1.82) is 0 Å². The number of nitrogens with two attached hydrogens (primary N) is 1. The molecule has 1 aliphatic rings. The first-order chi connectivity index (χ1) is 8.38. The number of thiophene rings is 1. The average Bonchev–Trinajstić information content (AvgIpc) is 2.91. The molecule has 3 heteroatoms. The molecule has 0 spiro atoms. The lowest BCUT2D eigenvalue weighted by Crippen LogP contribution is -2.14. The second kappa shape index (κ2) is 4.35. The molecule has 1 atom stereocenters. The van der Waals surface area contributed by atoms with Gasteiger partial charge in [-0.25, -0.2) is 0 Å². The molecule has 2 nitrogen and oxygen atoms in total. The molecule has 1 aromatic heterocycles. The van der Waals surface area contributed by atoms with Crippen molar-refractivity contribution in [2.24, 2.45) is 5.73 Å². The third-order valence-corrected chi connectivity index (χ3v) is 3.71. The Bertz CT molecular complexity index is 545. The summed E-state index contributed by atoms with van der Waals surface area (Å²) in [5, 5.41) is 4.22. The molecule has 0 fully saturated rings. The number of rotatable bonds is 2. The summed E-state index contributed by atoms with van der Waals surface area (Å²) in [5.74, 6) is 1.20. The summed E-state index contributed by atoms with van der Waals surface area (Å²) in [6.45, 7) is 0.616. The predicted octanol–water partition coefficient (Wildman–Crippen LogP) is 3.36. The molecular formula is C14H13NOS. The second-order valence-electron chi connectivity index (χ2n) is 4.05. The van der Waals surface area contributed by atoms with E-state index in [1.807, 2.05) is 6.08 Å². The first-order valence-corrected chi connectivity index (χ1v) is 6.52. The first-order valence-electron chi connectivity index (χ1n) is 5.58. The fraction of sp³-hybridized carbons (Fsp3) is 0.143. The molecule has 3 rings (SSSR count). The summed E-state index contributed by atoms with van der Waals surface area (Å²) in [4.78, 5) is 0. The van der Waals surface area contributed by atoms with Gasteiger partial charge in [-0.15, -0.1) is 0 Å². The van der Waals surface area contributed by atoms with Gasteiger partial charge in [0.25, 0.3) is 0 Å². The Hall–Kier alpha value is -1.58. The Labute approximate surface area is 104 Å². The number of hydrogen-bond acceptors (Lipinski definition) is 3. The van der Waals surface area contributed by atoms with Crippen molar-refractivity contribution in [3.05, 3.63) is 52.9 Å². The van der Waals surface area contributed by atoms with Gasteiger partial charge in [0.2, 0.25) is 0 Å². The van der Waals surface area contributed by atoms with Crippen LogP contribution >= 0.6 is 11.3 Å². The van der Waals surface area contributed by atoms with Gasteiger partial charge in [-0.3, -0.25) is 0 Å². The van der Waals surface area contributed by atoms with Crippen molar-refractivity contribution in [3.8, 4) is 16.9 Å². The Balaban J connectivity index is 2.04. The molecule has 2 N–H and O–H groups in total. The molecule has 1 unspecified atom stereocenters. The normalized spacial score (nSPS) is 17.6. The topological polar surface area (TPSA) is 35.2 Å². The van der Waals surface area contributed by atoms with Gasteiger partial charge in [0.15, 0.2) is 0 Å².